The van der Waals surface area contributed by atoms with Crippen LogP contribution in [0.5, 0.6) is 0 Å². The van der Waals surface area contributed by atoms with E-state index in [0.29, 0.717) is 28.1 Å². The van der Waals surface area contributed by atoms with Gasteiger partial charge in [-0.15, -0.1) is 11.3 Å². The van der Waals surface area contributed by atoms with Gasteiger partial charge in [0, 0.05) is 28.6 Å². The molecule has 0 aliphatic carbocycles. The molecule has 0 unspecified atom stereocenters. The first-order valence-corrected chi connectivity index (χ1v) is 11.7. The molecule has 0 N–H and O–H groups in total. The number of anilines is 2. The van der Waals surface area contributed by atoms with Gasteiger partial charge in [0.15, 0.2) is 9.84 Å². The maximum Gasteiger partial charge on any atom is 0.263 e. The maximum atomic E-state index is 13.4. The number of rotatable bonds is 3. The summed E-state index contributed by atoms with van der Waals surface area (Å²) in [4.78, 5) is 20.2. The molecule has 0 bridgehead atoms. The fourth-order valence-corrected chi connectivity index (χ4v) is 4.74. The average molecular weight is 436 g/mol. The van der Waals surface area contributed by atoms with Gasteiger partial charge in [0.1, 0.15) is 0 Å². The molecule has 2 heterocycles. The van der Waals surface area contributed by atoms with Crippen molar-refractivity contribution < 1.29 is 13.2 Å². The van der Waals surface area contributed by atoms with Crippen LogP contribution in [0.4, 0.5) is 11.4 Å². The number of nitrogens with zero attached hydrogens (tertiary/aromatic N) is 3. The Bertz CT molecular complexity index is 1360. The largest absolute Gasteiger partial charge is 0.276 e. The number of nitriles is 1. The summed E-state index contributed by atoms with van der Waals surface area (Å²) >= 11 is 1.48. The summed E-state index contributed by atoms with van der Waals surface area (Å²) in [5.41, 5.74) is 3.62. The van der Waals surface area contributed by atoms with Crippen LogP contribution in [0, 0.1) is 25.2 Å². The predicted molar refractivity (Wildman–Crippen MR) is 117 cm³/mol. The Hall–Kier alpha value is -3.28. The maximum absolute atomic E-state index is 13.4. The van der Waals surface area contributed by atoms with Crippen molar-refractivity contribution in [1.82, 2.24) is 4.98 Å². The topological polar surface area (TPSA) is 91.1 Å². The molecule has 1 aromatic heterocycles. The molecule has 0 saturated carbocycles. The minimum Gasteiger partial charge on any atom is -0.276 e. The number of hydrogen-bond donors (Lipinski definition) is 0. The summed E-state index contributed by atoms with van der Waals surface area (Å²) in [7, 11) is -3.34. The summed E-state index contributed by atoms with van der Waals surface area (Å²) in [5.74, 6) is -0.238. The van der Waals surface area contributed by atoms with Crippen LogP contribution in [-0.4, -0.2) is 25.6 Å². The van der Waals surface area contributed by atoms with Gasteiger partial charge < -0.3 is 0 Å². The lowest BCUT2D eigenvalue weighted by atomic mass is 10.0. The number of thiazole rings is 1. The minimum atomic E-state index is -3.34. The Morgan fingerprint density at radius 1 is 1.17 bits per heavy atom. The van der Waals surface area contributed by atoms with Crippen molar-refractivity contribution in [1.29, 1.82) is 5.26 Å². The van der Waals surface area contributed by atoms with Crippen LogP contribution in [0.1, 0.15) is 26.6 Å². The zero-order chi connectivity index (χ0) is 21.6. The van der Waals surface area contributed by atoms with E-state index in [1.165, 1.54) is 23.5 Å². The van der Waals surface area contributed by atoms with E-state index in [2.05, 4.69) is 11.1 Å². The summed E-state index contributed by atoms with van der Waals surface area (Å²) in [6, 6.07) is 11.9. The molecule has 0 spiro atoms. The molecule has 1 aliphatic rings. The molecule has 0 saturated heterocycles. The molecule has 0 atom stereocenters. The second-order valence-corrected chi connectivity index (χ2v) is 10.3. The molecule has 8 heteroatoms. The molecule has 6 nitrogen and oxygen atoms in total. The van der Waals surface area contributed by atoms with Crippen LogP contribution in [-0.2, 0) is 14.6 Å². The third-order valence-corrected chi connectivity index (χ3v) is 6.86. The fourth-order valence-electron chi connectivity index (χ4n) is 3.38. The second kappa shape index (κ2) is 7.20. The van der Waals surface area contributed by atoms with Crippen LogP contribution in [0.3, 0.4) is 0 Å². The molecule has 0 fully saturated rings. The van der Waals surface area contributed by atoms with E-state index in [1.807, 2.05) is 19.9 Å². The Morgan fingerprint density at radius 3 is 2.43 bits per heavy atom. The van der Waals surface area contributed by atoms with Crippen molar-refractivity contribution in [3.05, 3.63) is 69.2 Å². The Kier molecular flexibility index (Phi) is 4.80. The standard InChI is InChI=1S/C22H17N3O3S2/c1-13-8-21-19(9-15(13)11-23)20(10-17-12-24-14(2)29-17)22(26)25(21)16-4-6-18(7-5-16)30(3,27)28/h4-10,12H,1-3H3/b20-10-. The molecular formula is C22H17N3O3S2. The van der Waals surface area contributed by atoms with Gasteiger partial charge >= 0.3 is 0 Å². The molecule has 0 radical (unpaired) electrons. The lowest BCUT2D eigenvalue weighted by molar-refractivity contribution is -0.112. The zero-order valence-corrected chi connectivity index (χ0v) is 18.1. The number of benzene rings is 2. The molecular weight excluding hydrogens is 418 g/mol. The lowest BCUT2D eigenvalue weighted by Crippen LogP contribution is -2.20. The number of hydrogen-bond acceptors (Lipinski definition) is 6. The highest BCUT2D eigenvalue weighted by molar-refractivity contribution is 7.90. The first-order chi connectivity index (χ1) is 14.2. The fraction of sp³-hybridized carbons (Fsp3) is 0.136. The SMILES string of the molecule is Cc1ncc(/C=C2\C(=O)N(c3ccc(S(C)(=O)=O)cc3)c3cc(C)c(C#N)cc32)s1. The van der Waals surface area contributed by atoms with Crippen molar-refractivity contribution in [2.75, 3.05) is 11.2 Å². The van der Waals surface area contributed by atoms with E-state index in [4.69, 9.17) is 0 Å². The number of aryl methyl sites for hydroxylation is 2. The van der Waals surface area contributed by atoms with Gasteiger partial charge in [0.25, 0.3) is 5.91 Å². The number of amides is 1. The predicted octanol–water partition coefficient (Wildman–Crippen LogP) is 4.25. The van der Waals surface area contributed by atoms with Crippen molar-refractivity contribution >= 4 is 50.1 Å². The monoisotopic (exact) mass is 435 g/mol. The summed E-state index contributed by atoms with van der Waals surface area (Å²) in [6.07, 6.45) is 4.64. The van der Waals surface area contributed by atoms with Crippen molar-refractivity contribution in [2.24, 2.45) is 0 Å². The quantitative estimate of drug-likeness (QED) is 0.574. The molecule has 3 aromatic rings. The van der Waals surface area contributed by atoms with Gasteiger partial charge in [0.05, 0.1) is 32.8 Å². The van der Waals surface area contributed by atoms with Gasteiger partial charge in [-0.1, -0.05) is 0 Å². The van der Waals surface area contributed by atoms with Gasteiger partial charge in [-0.2, -0.15) is 5.26 Å². The lowest BCUT2D eigenvalue weighted by Gasteiger charge is -2.18. The smallest absolute Gasteiger partial charge is 0.263 e. The Labute approximate surface area is 178 Å². The van der Waals surface area contributed by atoms with Crippen molar-refractivity contribution in [3.63, 3.8) is 0 Å². The average Bonchev–Trinajstić information content (AvgIpc) is 3.21. The number of aromatic nitrogens is 1. The minimum absolute atomic E-state index is 0.185. The Balaban J connectivity index is 1.89. The number of carbonyl (C=O) groups excluding carboxylic acids is 1. The van der Waals surface area contributed by atoms with Crippen LogP contribution in [0.25, 0.3) is 11.6 Å². The Morgan fingerprint density at radius 2 is 1.87 bits per heavy atom. The summed E-state index contributed by atoms with van der Waals surface area (Å²) in [6.45, 7) is 3.71. The molecule has 1 aliphatic heterocycles. The van der Waals surface area contributed by atoms with E-state index in [0.717, 1.165) is 21.7 Å². The number of sulfone groups is 1. The van der Waals surface area contributed by atoms with Crippen molar-refractivity contribution in [2.45, 2.75) is 18.7 Å². The first kappa shape index (κ1) is 20.0. The van der Waals surface area contributed by atoms with Crippen molar-refractivity contribution in [3.8, 4) is 6.07 Å². The van der Waals surface area contributed by atoms with Crippen LogP contribution < -0.4 is 4.90 Å². The summed E-state index contributed by atoms with van der Waals surface area (Å²) < 4.78 is 23.6. The van der Waals surface area contributed by atoms with Gasteiger partial charge in [-0.05, 0) is 61.9 Å². The first-order valence-electron chi connectivity index (χ1n) is 9.03. The van der Waals surface area contributed by atoms with E-state index in [1.54, 1.807) is 35.4 Å². The highest BCUT2D eigenvalue weighted by atomic mass is 32.2. The third kappa shape index (κ3) is 3.43. The summed E-state index contributed by atoms with van der Waals surface area (Å²) in [5, 5.41) is 10.3. The highest BCUT2D eigenvalue weighted by Crippen LogP contribution is 2.44. The van der Waals surface area contributed by atoms with Gasteiger partial charge in [0.2, 0.25) is 0 Å². The third-order valence-electron chi connectivity index (χ3n) is 4.88. The normalized spacial score (nSPS) is 14.8. The zero-order valence-electron chi connectivity index (χ0n) is 16.5. The van der Waals surface area contributed by atoms with Crippen LogP contribution >= 0.6 is 11.3 Å². The van der Waals surface area contributed by atoms with E-state index < -0.39 is 9.84 Å². The molecule has 150 valence electrons. The van der Waals surface area contributed by atoms with E-state index in [9.17, 15) is 18.5 Å². The van der Waals surface area contributed by atoms with E-state index >= 15 is 0 Å². The van der Waals surface area contributed by atoms with Gasteiger partial charge in [-0.3, -0.25) is 9.69 Å². The number of fused-ring (bicyclic) bond motifs is 1. The molecule has 2 aromatic carbocycles. The molecule has 1 amide bonds. The number of carbonyl (C=O) groups is 1. The van der Waals surface area contributed by atoms with E-state index in [-0.39, 0.29) is 10.8 Å². The van der Waals surface area contributed by atoms with Crippen LogP contribution in [0.15, 0.2) is 47.5 Å². The van der Waals surface area contributed by atoms with Gasteiger partial charge in [-0.25, -0.2) is 13.4 Å². The highest BCUT2D eigenvalue weighted by Gasteiger charge is 2.34. The second-order valence-electron chi connectivity index (χ2n) is 7.04. The molecule has 30 heavy (non-hydrogen) atoms. The molecule has 4 rings (SSSR count). The van der Waals surface area contributed by atoms with Crippen LogP contribution in [0.2, 0.25) is 0 Å².